The minimum atomic E-state index is -0.748. The summed E-state index contributed by atoms with van der Waals surface area (Å²) in [7, 11) is 0. The fraction of sp³-hybridized carbons (Fsp3) is 0.533. The molecule has 0 fully saturated rings. The van der Waals surface area contributed by atoms with Crippen molar-refractivity contribution in [3.8, 4) is 5.75 Å². The van der Waals surface area contributed by atoms with Crippen molar-refractivity contribution in [3.05, 3.63) is 29.8 Å². The van der Waals surface area contributed by atoms with Crippen LogP contribution in [0.15, 0.2) is 24.3 Å². The quantitative estimate of drug-likeness (QED) is 0.802. The van der Waals surface area contributed by atoms with E-state index in [9.17, 15) is 4.79 Å². The molecule has 2 atom stereocenters. The molecule has 1 N–H and O–H groups in total. The zero-order valence-corrected chi connectivity index (χ0v) is 11.3. The van der Waals surface area contributed by atoms with Crippen LogP contribution in [0.4, 0.5) is 0 Å². The van der Waals surface area contributed by atoms with E-state index in [4.69, 9.17) is 9.84 Å². The molecule has 0 radical (unpaired) electrons. The minimum absolute atomic E-state index is 0.0349. The summed E-state index contributed by atoms with van der Waals surface area (Å²) in [6.07, 6.45) is 1.78. The Bertz CT molecular complexity index is 387. The lowest BCUT2D eigenvalue weighted by Gasteiger charge is -2.20. The van der Waals surface area contributed by atoms with Gasteiger partial charge in [-0.2, -0.15) is 0 Å². The van der Waals surface area contributed by atoms with Crippen LogP contribution < -0.4 is 4.74 Å². The molecule has 0 aliphatic rings. The van der Waals surface area contributed by atoms with Gasteiger partial charge >= 0.3 is 5.97 Å². The molecule has 0 spiro atoms. The van der Waals surface area contributed by atoms with Gasteiger partial charge in [0.1, 0.15) is 5.75 Å². The SMILES string of the molecule is CCCOc1cccc([C@@H](CC)[C@H](C)C(=O)O)c1. The third-order valence-corrected chi connectivity index (χ3v) is 3.19. The summed E-state index contributed by atoms with van der Waals surface area (Å²) in [5.41, 5.74) is 1.04. The smallest absolute Gasteiger partial charge is 0.306 e. The second-order valence-corrected chi connectivity index (χ2v) is 4.56. The van der Waals surface area contributed by atoms with Crippen LogP contribution >= 0.6 is 0 Å². The first-order chi connectivity index (χ1) is 8.60. The van der Waals surface area contributed by atoms with E-state index in [0.717, 1.165) is 24.2 Å². The van der Waals surface area contributed by atoms with Gasteiger partial charge in [-0.3, -0.25) is 4.79 Å². The van der Waals surface area contributed by atoms with E-state index in [1.54, 1.807) is 6.92 Å². The normalized spacial score (nSPS) is 13.9. The highest BCUT2D eigenvalue weighted by Crippen LogP contribution is 2.30. The van der Waals surface area contributed by atoms with Gasteiger partial charge in [-0.25, -0.2) is 0 Å². The van der Waals surface area contributed by atoms with Crippen LogP contribution in [0.2, 0.25) is 0 Å². The molecule has 0 aliphatic heterocycles. The van der Waals surface area contributed by atoms with Gasteiger partial charge in [0.25, 0.3) is 0 Å². The summed E-state index contributed by atoms with van der Waals surface area (Å²) in [6.45, 7) is 6.53. The number of carbonyl (C=O) groups is 1. The zero-order chi connectivity index (χ0) is 13.5. The van der Waals surface area contributed by atoms with Crippen molar-refractivity contribution in [1.82, 2.24) is 0 Å². The van der Waals surface area contributed by atoms with Crippen molar-refractivity contribution in [2.24, 2.45) is 5.92 Å². The minimum Gasteiger partial charge on any atom is -0.494 e. The second-order valence-electron chi connectivity index (χ2n) is 4.56. The zero-order valence-electron chi connectivity index (χ0n) is 11.3. The number of hydrogen-bond donors (Lipinski definition) is 1. The van der Waals surface area contributed by atoms with Gasteiger partial charge in [0, 0.05) is 0 Å². The predicted octanol–water partition coefficient (Wildman–Crippen LogP) is 3.69. The third-order valence-electron chi connectivity index (χ3n) is 3.19. The molecular weight excluding hydrogens is 228 g/mol. The van der Waals surface area contributed by atoms with E-state index in [0.29, 0.717) is 6.61 Å². The van der Waals surface area contributed by atoms with E-state index in [1.807, 2.05) is 31.2 Å². The first-order valence-electron chi connectivity index (χ1n) is 6.55. The summed E-state index contributed by atoms with van der Waals surface area (Å²) < 4.78 is 5.58. The summed E-state index contributed by atoms with van der Waals surface area (Å²) >= 11 is 0. The standard InChI is InChI=1S/C15H22O3/c1-4-9-18-13-8-6-7-12(10-13)14(5-2)11(3)15(16)17/h6-8,10-11,14H,4-5,9H2,1-3H3,(H,16,17)/t11-,14-/m0/s1. The van der Waals surface area contributed by atoms with Crippen molar-refractivity contribution >= 4 is 5.97 Å². The van der Waals surface area contributed by atoms with Gasteiger partial charge in [0.15, 0.2) is 0 Å². The molecule has 1 rings (SSSR count). The average Bonchev–Trinajstić information content (AvgIpc) is 2.37. The Morgan fingerprint density at radius 2 is 2.11 bits per heavy atom. The summed E-state index contributed by atoms with van der Waals surface area (Å²) in [4.78, 5) is 11.1. The van der Waals surface area contributed by atoms with Crippen LogP contribution in [0.25, 0.3) is 0 Å². The highest BCUT2D eigenvalue weighted by molar-refractivity contribution is 5.71. The van der Waals surface area contributed by atoms with Crippen LogP contribution in [0.5, 0.6) is 5.75 Å². The van der Waals surface area contributed by atoms with E-state index in [1.165, 1.54) is 0 Å². The maximum atomic E-state index is 11.1. The number of carboxylic acids is 1. The molecule has 100 valence electrons. The van der Waals surface area contributed by atoms with E-state index in [2.05, 4.69) is 6.92 Å². The van der Waals surface area contributed by atoms with Crippen LogP contribution in [0.1, 0.15) is 45.1 Å². The molecule has 18 heavy (non-hydrogen) atoms. The molecule has 1 aromatic rings. The lowest BCUT2D eigenvalue weighted by atomic mass is 9.85. The van der Waals surface area contributed by atoms with Crippen LogP contribution in [0, 0.1) is 5.92 Å². The Morgan fingerprint density at radius 1 is 1.39 bits per heavy atom. The first-order valence-corrected chi connectivity index (χ1v) is 6.55. The molecular formula is C15H22O3. The molecule has 0 saturated carbocycles. The van der Waals surface area contributed by atoms with Crippen molar-refractivity contribution in [2.75, 3.05) is 6.61 Å². The number of benzene rings is 1. The van der Waals surface area contributed by atoms with Crippen molar-refractivity contribution in [2.45, 2.75) is 39.5 Å². The molecule has 0 saturated heterocycles. The lowest BCUT2D eigenvalue weighted by molar-refractivity contribution is -0.141. The fourth-order valence-corrected chi connectivity index (χ4v) is 2.10. The van der Waals surface area contributed by atoms with E-state index in [-0.39, 0.29) is 11.8 Å². The van der Waals surface area contributed by atoms with Crippen LogP contribution in [-0.2, 0) is 4.79 Å². The molecule has 0 aliphatic carbocycles. The topological polar surface area (TPSA) is 46.5 Å². The molecule has 0 aromatic heterocycles. The number of carboxylic acid groups (broad SMARTS) is 1. The Hall–Kier alpha value is -1.51. The fourth-order valence-electron chi connectivity index (χ4n) is 2.10. The molecule has 0 unspecified atom stereocenters. The van der Waals surface area contributed by atoms with Gasteiger partial charge < -0.3 is 9.84 Å². The van der Waals surface area contributed by atoms with E-state index >= 15 is 0 Å². The second kappa shape index (κ2) is 7.04. The van der Waals surface area contributed by atoms with Gasteiger partial charge in [-0.05, 0) is 36.5 Å². The Labute approximate surface area is 109 Å². The van der Waals surface area contributed by atoms with Gasteiger partial charge in [-0.15, -0.1) is 0 Å². The number of ether oxygens (including phenoxy) is 1. The number of aliphatic carboxylic acids is 1. The molecule has 0 amide bonds. The van der Waals surface area contributed by atoms with Crippen LogP contribution in [0.3, 0.4) is 0 Å². The Balaban J connectivity index is 2.88. The molecule has 0 bridgehead atoms. The largest absolute Gasteiger partial charge is 0.494 e. The van der Waals surface area contributed by atoms with Crippen molar-refractivity contribution < 1.29 is 14.6 Å². The van der Waals surface area contributed by atoms with Gasteiger partial charge in [0.05, 0.1) is 12.5 Å². The predicted molar refractivity (Wildman–Crippen MR) is 72.1 cm³/mol. The van der Waals surface area contributed by atoms with Crippen molar-refractivity contribution in [1.29, 1.82) is 0 Å². The summed E-state index contributed by atoms with van der Waals surface area (Å²) in [5.74, 6) is -0.267. The van der Waals surface area contributed by atoms with Gasteiger partial charge in [-0.1, -0.05) is 32.9 Å². The maximum absolute atomic E-state index is 11.1. The molecule has 3 nitrogen and oxygen atoms in total. The van der Waals surface area contributed by atoms with Crippen LogP contribution in [-0.4, -0.2) is 17.7 Å². The van der Waals surface area contributed by atoms with Gasteiger partial charge in [0.2, 0.25) is 0 Å². The maximum Gasteiger partial charge on any atom is 0.306 e. The first kappa shape index (κ1) is 14.6. The summed E-state index contributed by atoms with van der Waals surface area (Å²) in [5, 5.41) is 9.12. The lowest BCUT2D eigenvalue weighted by Crippen LogP contribution is -2.18. The average molecular weight is 250 g/mol. The highest BCUT2D eigenvalue weighted by atomic mass is 16.5. The van der Waals surface area contributed by atoms with E-state index < -0.39 is 5.97 Å². The number of rotatable bonds is 7. The Kier molecular flexibility index (Phi) is 5.69. The third kappa shape index (κ3) is 3.76. The molecule has 1 aromatic carbocycles. The Morgan fingerprint density at radius 3 is 2.67 bits per heavy atom. The molecule has 3 heteroatoms. The molecule has 0 heterocycles. The summed E-state index contributed by atoms with van der Waals surface area (Å²) in [6, 6.07) is 7.78. The highest BCUT2D eigenvalue weighted by Gasteiger charge is 2.23. The monoisotopic (exact) mass is 250 g/mol. The number of hydrogen-bond acceptors (Lipinski definition) is 2. The van der Waals surface area contributed by atoms with Crippen molar-refractivity contribution in [3.63, 3.8) is 0 Å².